The monoisotopic (exact) mass is 503 g/mol. The van der Waals surface area contributed by atoms with Gasteiger partial charge in [-0.15, -0.1) is 0 Å². The van der Waals surface area contributed by atoms with E-state index in [0.717, 1.165) is 15.0 Å². The van der Waals surface area contributed by atoms with Gasteiger partial charge in [0.15, 0.2) is 0 Å². The maximum Gasteiger partial charge on any atom is 0.260 e. The summed E-state index contributed by atoms with van der Waals surface area (Å²) in [5.41, 5.74) is 3.16. The Morgan fingerprint density at radius 2 is 1.86 bits per heavy atom. The van der Waals surface area contributed by atoms with Gasteiger partial charge in [-0.2, -0.15) is 5.10 Å². The second-order valence-electron chi connectivity index (χ2n) is 5.77. The van der Waals surface area contributed by atoms with E-state index in [1.807, 2.05) is 0 Å². The summed E-state index contributed by atoms with van der Waals surface area (Å²) >= 11 is 9.41. The van der Waals surface area contributed by atoms with Crippen molar-refractivity contribution in [3.05, 3.63) is 51.5 Å². The molecule has 2 aromatic rings. The van der Waals surface area contributed by atoms with Crippen molar-refractivity contribution in [1.29, 1.82) is 0 Å². The average Bonchev–Trinajstić information content (AvgIpc) is 2.65. The summed E-state index contributed by atoms with van der Waals surface area (Å²) in [5, 5.41) is 4.09. The molecule has 0 spiro atoms. The van der Waals surface area contributed by atoms with Crippen LogP contribution < -0.4 is 19.2 Å². The smallest absolute Gasteiger partial charge is 0.260 e. The maximum atomic E-state index is 12.3. The minimum absolute atomic E-state index is 0.221. The number of amides is 1. The van der Waals surface area contributed by atoms with E-state index < -0.39 is 22.5 Å². The molecule has 0 aromatic heterocycles. The first-order chi connectivity index (χ1) is 13.7. The summed E-state index contributed by atoms with van der Waals surface area (Å²) in [6.45, 7) is -0.478. The van der Waals surface area contributed by atoms with Crippen molar-refractivity contribution in [2.45, 2.75) is 0 Å². The predicted molar refractivity (Wildman–Crippen MR) is 117 cm³/mol. The first-order valence-corrected chi connectivity index (χ1v) is 11.1. The van der Waals surface area contributed by atoms with Crippen LogP contribution in [0.25, 0.3) is 0 Å². The van der Waals surface area contributed by atoms with E-state index in [0.29, 0.717) is 17.1 Å². The Kier molecular flexibility index (Phi) is 7.88. The van der Waals surface area contributed by atoms with Gasteiger partial charge < -0.3 is 9.47 Å². The third-order valence-corrected chi connectivity index (χ3v) is 5.62. The molecule has 0 heterocycles. The molecule has 0 fully saturated rings. The van der Waals surface area contributed by atoms with Crippen molar-refractivity contribution in [2.75, 3.05) is 31.3 Å². The number of nitrogens with zero attached hydrogens (tertiary/aromatic N) is 2. The number of ether oxygens (including phenoxy) is 2. The third-order valence-electron chi connectivity index (χ3n) is 3.70. The van der Waals surface area contributed by atoms with Gasteiger partial charge in [0.05, 0.1) is 37.4 Å². The highest BCUT2D eigenvalue weighted by Gasteiger charge is 2.21. The first-order valence-electron chi connectivity index (χ1n) is 8.12. The van der Waals surface area contributed by atoms with Crippen LogP contribution in [0.2, 0.25) is 5.02 Å². The van der Waals surface area contributed by atoms with E-state index in [-0.39, 0.29) is 10.7 Å². The van der Waals surface area contributed by atoms with E-state index >= 15 is 0 Å². The fourth-order valence-electron chi connectivity index (χ4n) is 2.36. The Balaban J connectivity index is 2.15. The van der Waals surface area contributed by atoms with Crippen LogP contribution in [0.5, 0.6) is 11.5 Å². The van der Waals surface area contributed by atoms with Gasteiger partial charge in [0, 0.05) is 10.0 Å². The van der Waals surface area contributed by atoms with Crippen LogP contribution in [-0.2, 0) is 14.8 Å². The number of halogens is 2. The lowest BCUT2D eigenvalue weighted by Crippen LogP contribution is -2.39. The SMILES string of the molecule is COc1ccc(N(CC(=O)N/N=C\c2cc(Br)ccc2OC)S(C)(=O)=O)cc1Cl. The molecule has 1 N–H and O–H groups in total. The van der Waals surface area contributed by atoms with Crippen molar-refractivity contribution in [2.24, 2.45) is 5.10 Å². The van der Waals surface area contributed by atoms with Crippen molar-refractivity contribution in [3.8, 4) is 11.5 Å². The minimum Gasteiger partial charge on any atom is -0.496 e. The maximum absolute atomic E-state index is 12.3. The summed E-state index contributed by atoms with van der Waals surface area (Å²) in [4.78, 5) is 12.3. The number of hydrogen-bond acceptors (Lipinski definition) is 6. The van der Waals surface area contributed by atoms with E-state index in [1.54, 1.807) is 18.2 Å². The van der Waals surface area contributed by atoms with Gasteiger partial charge in [-0.1, -0.05) is 27.5 Å². The number of sulfonamides is 1. The number of methoxy groups -OCH3 is 2. The second-order valence-corrected chi connectivity index (χ2v) is 9.00. The molecular formula is C18H19BrClN3O5S. The zero-order chi connectivity index (χ0) is 21.6. The van der Waals surface area contributed by atoms with E-state index in [2.05, 4.69) is 26.5 Å². The molecule has 11 heteroatoms. The van der Waals surface area contributed by atoms with Crippen LogP contribution >= 0.6 is 27.5 Å². The molecule has 2 rings (SSSR count). The molecule has 0 aliphatic heterocycles. The Morgan fingerprint density at radius 3 is 2.45 bits per heavy atom. The van der Waals surface area contributed by atoms with Crippen LogP contribution in [-0.4, -0.2) is 47.6 Å². The molecule has 0 aliphatic rings. The Hall–Kier alpha value is -2.30. The lowest BCUT2D eigenvalue weighted by Gasteiger charge is -2.22. The highest BCUT2D eigenvalue weighted by atomic mass is 79.9. The third kappa shape index (κ3) is 6.34. The number of hydrogen-bond donors (Lipinski definition) is 1. The molecule has 29 heavy (non-hydrogen) atoms. The van der Waals surface area contributed by atoms with Gasteiger partial charge in [-0.25, -0.2) is 13.8 Å². The largest absolute Gasteiger partial charge is 0.496 e. The number of hydrazone groups is 1. The highest BCUT2D eigenvalue weighted by Crippen LogP contribution is 2.30. The van der Waals surface area contributed by atoms with Gasteiger partial charge in [-0.3, -0.25) is 9.10 Å². The molecule has 1 amide bonds. The van der Waals surface area contributed by atoms with Gasteiger partial charge >= 0.3 is 0 Å². The standard InChI is InChI=1S/C18H19BrClN3O5S/c1-27-16-6-4-13(19)8-12(16)10-21-22-18(24)11-23(29(3,25)26)14-5-7-17(28-2)15(20)9-14/h4-10H,11H2,1-3H3,(H,22,24)/b21-10-. The molecule has 0 aliphatic carbocycles. The predicted octanol–water partition coefficient (Wildman–Crippen LogP) is 3.04. The lowest BCUT2D eigenvalue weighted by molar-refractivity contribution is -0.119. The van der Waals surface area contributed by atoms with E-state index in [9.17, 15) is 13.2 Å². The summed E-state index contributed by atoms with van der Waals surface area (Å²) in [6.07, 6.45) is 2.39. The van der Waals surface area contributed by atoms with Crippen molar-refractivity contribution in [3.63, 3.8) is 0 Å². The summed E-state index contributed by atoms with van der Waals surface area (Å²) in [7, 11) is -0.786. The summed E-state index contributed by atoms with van der Waals surface area (Å²) in [6, 6.07) is 9.73. The first kappa shape index (κ1) is 23.0. The number of anilines is 1. The summed E-state index contributed by atoms with van der Waals surface area (Å²) in [5.74, 6) is 0.324. The van der Waals surface area contributed by atoms with Gasteiger partial charge in [0.25, 0.3) is 5.91 Å². The number of rotatable bonds is 8. The van der Waals surface area contributed by atoms with Gasteiger partial charge in [0.2, 0.25) is 10.0 Å². The van der Waals surface area contributed by atoms with Crippen LogP contribution in [0.15, 0.2) is 46.0 Å². The quantitative estimate of drug-likeness (QED) is 0.440. The van der Waals surface area contributed by atoms with Crippen LogP contribution in [0.1, 0.15) is 5.56 Å². The van der Waals surface area contributed by atoms with Crippen molar-refractivity contribution in [1.82, 2.24) is 5.43 Å². The Bertz CT molecular complexity index is 1030. The number of carbonyl (C=O) groups is 1. The fraction of sp³-hybridized carbons (Fsp3) is 0.222. The van der Waals surface area contributed by atoms with Gasteiger partial charge in [0.1, 0.15) is 18.0 Å². The van der Waals surface area contributed by atoms with E-state index in [4.69, 9.17) is 21.1 Å². The normalized spacial score (nSPS) is 11.3. The fourth-order valence-corrected chi connectivity index (χ4v) is 3.84. The number of carbonyl (C=O) groups excluding carboxylic acids is 1. The lowest BCUT2D eigenvalue weighted by atomic mass is 10.2. The molecule has 0 atom stereocenters. The molecule has 0 saturated heterocycles. The van der Waals surface area contributed by atoms with Gasteiger partial charge in [-0.05, 0) is 36.4 Å². The van der Waals surface area contributed by atoms with E-state index in [1.165, 1.54) is 38.6 Å². The molecule has 0 radical (unpaired) electrons. The molecular weight excluding hydrogens is 486 g/mol. The Labute approximate surface area is 182 Å². The van der Waals surface area contributed by atoms with Crippen LogP contribution in [0.3, 0.4) is 0 Å². The zero-order valence-corrected chi connectivity index (χ0v) is 19.0. The minimum atomic E-state index is -3.75. The second kappa shape index (κ2) is 9.95. The highest BCUT2D eigenvalue weighted by molar-refractivity contribution is 9.10. The van der Waals surface area contributed by atoms with Crippen LogP contribution in [0, 0.1) is 0 Å². The average molecular weight is 505 g/mol. The number of benzene rings is 2. The topological polar surface area (TPSA) is 97.3 Å². The molecule has 156 valence electrons. The van der Waals surface area contributed by atoms with Crippen molar-refractivity contribution >= 4 is 55.4 Å². The molecule has 0 bridgehead atoms. The van der Waals surface area contributed by atoms with Crippen LogP contribution in [0.4, 0.5) is 5.69 Å². The molecule has 8 nitrogen and oxygen atoms in total. The Morgan fingerprint density at radius 1 is 1.21 bits per heavy atom. The molecule has 2 aromatic carbocycles. The zero-order valence-electron chi connectivity index (χ0n) is 15.8. The van der Waals surface area contributed by atoms with Crippen molar-refractivity contribution < 1.29 is 22.7 Å². The molecule has 0 unspecified atom stereocenters. The molecule has 0 saturated carbocycles. The summed E-state index contributed by atoms with van der Waals surface area (Å²) < 4.78 is 36.3. The number of nitrogens with one attached hydrogen (secondary N) is 1.